The Morgan fingerprint density at radius 3 is 2.25 bits per heavy atom. The van der Waals surface area contributed by atoms with E-state index in [9.17, 15) is 18.0 Å². The van der Waals surface area contributed by atoms with E-state index in [0.29, 0.717) is 30.0 Å². The van der Waals surface area contributed by atoms with Gasteiger partial charge in [-0.1, -0.05) is 18.2 Å². The number of amides is 1. The fourth-order valence-corrected chi connectivity index (χ4v) is 3.56. The zero-order valence-electron chi connectivity index (χ0n) is 15.9. The summed E-state index contributed by atoms with van der Waals surface area (Å²) in [5.41, 5.74) is 1.53. The van der Waals surface area contributed by atoms with Crippen molar-refractivity contribution in [3.05, 3.63) is 60.2 Å². The number of carbonyl (C=O) groups excluding carboxylic acids is 2. The molecule has 0 saturated carbocycles. The van der Waals surface area contributed by atoms with Crippen LogP contribution in [0.25, 0.3) is 0 Å². The van der Waals surface area contributed by atoms with Crippen molar-refractivity contribution in [2.45, 2.75) is 19.8 Å². The van der Waals surface area contributed by atoms with Gasteiger partial charge in [0.25, 0.3) is 0 Å². The van der Waals surface area contributed by atoms with Gasteiger partial charge < -0.3 is 10.1 Å². The third-order valence-corrected chi connectivity index (χ3v) is 5.08. The Labute approximate surface area is 165 Å². The second kappa shape index (κ2) is 9.89. The number of sulfonamides is 1. The first kappa shape index (κ1) is 21.4. The fourth-order valence-electron chi connectivity index (χ4n) is 2.59. The Morgan fingerprint density at radius 2 is 1.68 bits per heavy atom. The van der Waals surface area contributed by atoms with E-state index >= 15 is 0 Å². The lowest BCUT2D eigenvalue weighted by Crippen LogP contribution is -2.31. The molecule has 7 nitrogen and oxygen atoms in total. The van der Waals surface area contributed by atoms with Crippen LogP contribution in [0.15, 0.2) is 54.6 Å². The van der Waals surface area contributed by atoms with Gasteiger partial charge in [-0.25, -0.2) is 13.2 Å². The Hall–Kier alpha value is -2.87. The number of carbonyl (C=O) groups is 2. The third-order valence-electron chi connectivity index (χ3n) is 3.89. The van der Waals surface area contributed by atoms with E-state index in [-0.39, 0.29) is 18.9 Å². The molecule has 0 unspecified atom stereocenters. The average molecular weight is 404 g/mol. The van der Waals surface area contributed by atoms with E-state index in [1.165, 1.54) is 4.31 Å². The Bertz CT molecular complexity index is 896. The van der Waals surface area contributed by atoms with Crippen LogP contribution in [0, 0.1) is 0 Å². The number of hydrogen-bond acceptors (Lipinski definition) is 5. The molecule has 0 atom stereocenters. The van der Waals surface area contributed by atoms with Crippen LogP contribution in [0.2, 0.25) is 0 Å². The summed E-state index contributed by atoms with van der Waals surface area (Å²) in [6.07, 6.45) is 1.68. The summed E-state index contributed by atoms with van der Waals surface area (Å²) in [5, 5.41) is 2.73. The summed E-state index contributed by atoms with van der Waals surface area (Å²) in [7, 11) is -3.43. The summed E-state index contributed by atoms with van der Waals surface area (Å²) in [6, 6.07) is 15.2. The smallest absolute Gasteiger partial charge is 0.338 e. The molecule has 1 amide bonds. The predicted octanol–water partition coefficient (Wildman–Crippen LogP) is 3.05. The van der Waals surface area contributed by atoms with Crippen LogP contribution in [0.1, 0.15) is 30.1 Å². The number of rotatable bonds is 9. The molecule has 28 heavy (non-hydrogen) atoms. The first-order valence-corrected chi connectivity index (χ1v) is 10.8. The van der Waals surface area contributed by atoms with Gasteiger partial charge in [-0.2, -0.15) is 0 Å². The Kier molecular flexibility index (Phi) is 7.57. The van der Waals surface area contributed by atoms with E-state index < -0.39 is 16.0 Å². The molecule has 0 aliphatic rings. The van der Waals surface area contributed by atoms with Crippen LogP contribution in [0.5, 0.6) is 0 Å². The highest BCUT2D eigenvalue weighted by Gasteiger charge is 2.17. The summed E-state index contributed by atoms with van der Waals surface area (Å²) in [5.74, 6) is -0.646. The number of nitrogens with zero attached hydrogens (tertiary/aromatic N) is 1. The van der Waals surface area contributed by atoms with Crippen LogP contribution in [-0.2, 0) is 19.6 Å². The lowest BCUT2D eigenvalue weighted by Gasteiger charge is -2.22. The minimum atomic E-state index is -3.43. The van der Waals surface area contributed by atoms with Crippen molar-refractivity contribution >= 4 is 33.3 Å². The molecule has 150 valence electrons. The molecule has 0 fully saturated rings. The fraction of sp³-hybridized carbons (Fsp3) is 0.300. The summed E-state index contributed by atoms with van der Waals surface area (Å²) in [4.78, 5) is 23.7. The van der Waals surface area contributed by atoms with Crippen LogP contribution < -0.4 is 9.62 Å². The van der Waals surface area contributed by atoms with Gasteiger partial charge in [-0.05, 0) is 49.7 Å². The highest BCUT2D eigenvalue weighted by molar-refractivity contribution is 7.92. The molecule has 0 aliphatic heterocycles. The van der Waals surface area contributed by atoms with Crippen molar-refractivity contribution in [2.24, 2.45) is 0 Å². The predicted molar refractivity (Wildman–Crippen MR) is 109 cm³/mol. The zero-order chi connectivity index (χ0) is 20.6. The van der Waals surface area contributed by atoms with Crippen LogP contribution >= 0.6 is 0 Å². The van der Waals surface area contributed by atoms with Gasteiger partial charge in [0, 0.05) is 18.7 Å². The number of para-hydroxylation sites is 1. The maximum Gasteiger partial charge on any atom is 0.338 e. The van der Waals surface area contributed by atoms with Gasteiger partial charge in [-0.3, -0.25) is 9.10 Å². The largest absolute Gasteiger partial charge is 0.462 e. The Balaban J connectivity index is 1.88. The molecule has 0 aliphatic carbocycles. The summed E-state index contributed by atoms with van der Waals surface area (Å²) in [6.45, 7) is 2.23. The highest BCUT2D eigenvalue weighted by atomic mass is 32.2. The molecule has 1 N–H and O–H groups in total. The Morgan fingerprint density at radius 1 is 1.04 bits per heavy atom. The van der Waals surface area contributed by atoms with Crippen molar-refractivity contribution in [1.82, 2.24) is 0 Å². The number of esters is 1. The second-order valence-electron chi connectivity index (χ2n) is 6.12. The van der Waals surface area contributed by atoms with Crippen LogP contribution in [0.4, 0.5) is 11.4 Å². The first-order chi connectivity index (χ1) is 13.3. The van der Waals surface area contributed by atoms with E-state index in [2.05, 4.69) is 5.32 Å². The quantitative estimate of drug-likeness (QED) is 0.649. The van der Waals surface area contributed by atoms with Crippen molar-refractivity contribution in [3.63, 3.8) is 0 Å². The molecule has 0 aromatic heterocycles. The summed E-state index contributed by atoms with van der Waals surface area (Å²) >= 11 is 0. The average Bonchev–Trinajstić information content (AvgIpc) is 2.65. The van der Waals surface area contributed by atoms with Gasteiger partial charge >= 0.3 is 5.97 Å². The number of anilines is 2. The molecule has 8 heteroatoms. The van der Waals surface area contributed by atoms with Crippen molar-refractivity contribution in [1.29, 1.82) is 0 Å². The molecule has 0 bridgehead atoms. The molecule has 2 aromatic carbocycles. The first-order valence-electron chi connectivity index (χ1n) is 8.91. The van der Waals surface area contributed by atoms with Gasteiger partial charge in [0.15, 0.2) is 0 Å². The molecular formula is C20H24N2O5S. The summed E-state index contributed by atoms with van der Waals surface area (Å²) < 4.78 is 30.2. The molecule has 2 rings (SSSR count). The second-order valence-corrected chi connectivity index (χ2v) is 8.03. The number of benzene rings is 2. The van der Waals surface area contributed by atoms with Crippen LogP contribution in [-0.4, -0.2) is 39.7 Å². The maximum atomic E-state index is 12.1. The minimum Gasteiger partial charge on any atom is -0.462 e. The van der Waals surface area contributed by atoms with E-state index in [1.54, 1.807) is 55.5 Å². The molecule has 0 heterocycles. The lowest BCUT2D eigenvalue weighted by atomic mass is 10.2. The van der Waals surface area contributed by atoms with E-state index in [0.717, 1.165) is 6.26 Å². The molecule has 2 aromatic rings. The van der Waals surface area contributed by atoms with Gasteiger partial charge in [0.2, 0.25) is 15.9 Å². The standard InChI is InChI=1S/C20H24N2O5S/c1-3-27-20(24)16-11-13-17(14-12-16)21-19(23)10-7-15-22(28(2,25)26)18-8-5-4-6-9-18/h4-6,8-9,11-14H,3,7,10,15H2,1-2H3,(H,21,23). The van der Waals surface area contributed by atoms with E-state index in [1.807, 2.05) is 6.07 Å². The maximum absolute atomic E-state index is 12.1. The van der Waals surface area contributed by atoms with Gasteiger partial charge in [0.1, 0.15) is 0 Å². The lowest BCUT2D eigenvalue weighted by molar-refractivity contribution is -0.116. The SMILES string of the molecule is CCOC(=O)c1ccc(NC(=O)CCCN(c2ccccc2)S(C)(=O)=O)cc1. The highest BCUT2D eigenvalue weighted by Crippen LogP contribution is 2.18. The number of hydrogen-bond donors (Lipinski definition) is 1. The minimum absolute atomic E-state index is 0.165. The topological polar surface area (TPSA) is 92.8 Å². The molecule has 0 saturated heterocycles. The zero-order valence-corrected chi connectivity index (χ0v) is 16.7. The molecule has 0 radical (unpaired) electrons. The molecular weight excluding hydrogens is 380 g/mol. The molecule has 0 spiro atoms. The van der Waals surface area contributed by atoms with Gasteiger partial charge in [-0.15, -0.1) is 0 Å². The number of ether oxygens (including phenoxy) is 1. The van der Waals surface area contributed by atoms with Crippen LogP contribution in [0.3, 0.4) is 0 Å². The number of nitrogens with one attached hydrogen (secondary N) is 1. The third kappa shape index (κ3) is 6.38. The van der Waals surface area contributed by atoms with Crippen molar-refractivity contribution < 1.29 is 22.7 Å². The van der Waals surface area contributed by atoms with Crippen molar-refractivity contribution in [2.75, 3.05) is 29.0 Å². The van der Waals surface area contributed by atoms with E-state index in [4.69, 9.17) is 4.74 Å². The normalized spacial score (nSPS) is 10.9. The van der Waals surface area contributed by atoms with Crippen molar-refractivity contribution in [3.8, 4) is 0 Å². The monoisotopic (exact) mass is 404 g/mol. The van der Waals surface area contributed by atoms with Gasteiger partial charge in [0.05, 0.1) is 24.1 Å².